The number of hydrogen-bond acceptors (Lipinski definition) is 3. The summed E-state index contributed by atoms with van der Waals surface area (Å²) in [4.78, 5) is 11.6. The fourth-order valence-electron chi connectivity index (χ4n) is 1.38. The summed E-state index contributed by atoms with van der Waals surface area (Å²) in [6, 6.07) is 15.4. The standard InChI is InChI=1S/C14H12N2O2/c17-13-8-6-11(7-9-13)10-15-16-14(18)12-4-2-1-3-5-12/h1-10,17H,(H,16,18)/b15-10-. The van der Waals surface area contributed by atoms with Gasteiger partial charge in [0.1, 0.15) is 5.75 Å². The number of phenolic OH excluding ortho intramolecular Hbond substituents is 1. The van der Waals surface area contributed by atoms with Gasteiger partial charge in [-0.05, 0) is 42.0 Å². The van der Waals surface area contributed by atoms with Crippen molar-refractivity contribution in [2.75, 3.05) is 0 Å². The highest BCUT2D eigenvalue weighted by Crippen LogP contribution is 2.07. The van der Waals surface area contributed by atoms with Gasteiger partial charge in [-0.25, -0.2) is 5.43 Å². The van der Waals surface area contributed by atoms with Crippen LogP contribution in [0.25, 0.3) is 0 Å². The molecule has 90 valence electrons. The Morgan fingerprint density at radius 3 is 2.39 bits per heavy atom. The van der Waals surface area contributed by atoms with E-state index in [0.29, 0.717) is 5.56 Å². The van der Waals surface area contributed by atoms with Crippen molar-refractivity contribution in [1.82, 2.24) is 5.43 Å². The zero-order chi connectivity index (χ0) is 12.8. The number of nitrogens with one attached hydrogen (secondary N) is 1. The Morgan fingerprint density at radius 1 is 1.06 bits per heavy atom. The molecule has 0 radical (unpaired) electrons. The van der Waals surface area contributed by atoms with Crippen LogP contribution >= 0.6 is 0 Å². The third-order valence-electron chi connectivity index (χ3n) is 2.31. The fourth-order valence-corrected chi connectivity index (χ4v) is 1.38. The van der Waals surface area contributed by atoms with Crippen LogP contribution in [0, 0.1) is 0 Å². The summed E-state index contributed by atoms with van der Waals surface area (Å²) in [5.74, 6) is -0.0638. The maximum Gasteiger partial charge on any atom is 0.271 e. The molecule has 0 atom stereocenters. The van der Waals surface area contributed by atoms with Gasteiger partial charge in [0.25, 0.3) is 5.91 Å². The van der Waals surface area contributed by atoms with Gasteiger partial charge < -0.3 is 5.11 Å². The van der Waals surface area contributed by atoms with Crippen LogP contribution in [0.15, 0.2) is 59.7 Å². The number of nitrogens with zero attached hydrogens (tertiary/aromatic N) is 1. The van der Waals surface area contributed by atoms with Gasteiger partial charge in [-0.15, -0.1) is 0 Å². The number of carbonyl (C=O) groups is 1. The summed E-state index contributed by atoms with van der Waals surface area (Å²) in [5, 5.41) is 12.9. The number of benzene rings is 2. The third-order valence-corrected chi connectivity index (χ3v) is 2.31. The maximum absolute atomic E-state index is 11.6. The topological polar surface area (TPSA) is 61.7 Å². The molecule has 4 heteroatoms. The number of hydrogen-bond donors (Lipinski definition) is 2. The second-order valence-corrected chi connectivity index (χ2v) is 3.66. The first kappa shape index (κ1) is 11.9. The molecule has 0 saturated carbocycles. The third kappa shape index (κ3) is 3.18. The summed E-state index contributed by atoms with van der Waals surface area (Å²) in [5.41, 5.74) is 3.78. The zero-order valence-electron chi connectivity index (χ0n) is 9.58. The minimum Gasteiger partial charge on any atom is -0.508 e. The number of amides is 1. The summed E-state index contributed by atoms with van der Waals surface area (Å²) in [6.45, 7) is 0. The molecular weight excluding hydrogens is 228 g/mol. The second-order valence-electron chi connectivity index (χ2n) is 3.66. The quantitative estimate of drug-likeness (QED) is 0.638. The lowest BCUT2D eigenvalue weighted by Crippen LogP contribution is -2.17. The van der Waals surface area contributed by atoms with Crippen molar-refractivity contribution < 1.29 is 9.90 Å². The lowest BCUT2D eigenvalue weighted by atomic mass is 10.2. The molecule has 2 N–H and O–H groups in total. The predicted molar refractivity (Wildman–Crippen MR) is 69.6 cm³/mol. The van der Waals surface area contributed by atoms with Crippen LogP contribution in [0.2, 0.25) is 0 Å². The molecule has 0 aliphatic heterocycles. The maximum atomic E-state index is 11.6. The highest BCUT2D eigenvalue weighted by atomic mass is 16.3. The van der Waals surface area contributed by atoms with Crippen LogP contribution in [-0.4, -0.2) is 17.2 Å². The summed E-state index contributed by atoms with van der Waals surface area (Å²) >= 11 is 0. The van der Waals surface area contributed by atoms with Gasteiger partial charge in [-0.1, -0.05) is 18.2 Å². The Hall–Kier alpha value is -2.62. The molecule has 0 spiro atoms. The van der Waals surface area contributed by atoms with E-state index in [9.17, 15) is 4.79 Å². The van der Waals surface area contributed by atoms with Gasteiger partial charge in [0.05, 0.1) is 6.21 Å². The molecule has 2 aromatic carbocycles. The van der Waals surface area contributed by atoms with Crippen molar-refractivity contribution in [3.63, 3.8) is 0 Å². The van der Waals surface area contributed by atoms with Gasteiger partial charge in [0, 0.05) is 5.56 Å². The second kappa shape index (κ2) is 5.63. The van der Waals surface area contributed by atoms with Crippen molar-refractivity contribution in [2.24, 2.45) is 5.10 Å². The molecule has 1 amide bonds. The fraction of sp³-hybridized carbons (Fsp3) is 0. The highest BCUT2D eigenvalue weighted by molar-refractivity contribution is 5.94. The molecule has 0 bridgehead atoms. The normalized spacial score (nSPS) is 10.4. The van der Waals surface area contributed by atoms with Crippen LogP contribution in [0.4, 0.5) is 0 Å². The van der Waals surface area contributed by atoms with Crippen LogP contribution in [-0.2, 0) is 0 Å². The monoisotopic (exact) mass is 240 g/mol. The number of hydrazone groups is 1. The van der Waals surface area contributed by atoms with Crippen molar-refractivity contribution in [3.8, 4) is 5.75 Å². The van der Waals surface area contributed by atoms with E-state index < -0.39 is 0 Å². The molecule has 0 unspecified atom stereocenters. The van der Waals surface area contributed by atoms with Crippen LogP contribution in [0.5, 0.6) is 5.75 Å². The number of aromatic hydroxyl groups is 1. The SMILES string of the molecule is O=C(N/N=C\c1ccc(O)cc1)c1ccccc1. The van der Waals surface area contributed by atoms with E-state index in [1.54, 1.807) is 48.5 Å². The molecule has 0 fully saturated rings. The van der Waals surface area contributed by atoms with Crippen LogP contribution < -0.4 is 5.43 Å². The van der Waals surface area contributed by atoms with Crippen LogP contribution in [0.3, 0.4) is 0 Å². The summed E-state index contributed by atoms with van der Waals surface area (Å²) in [6.07, 6.45) is 1.51. The Balaban J connectivity index is 1.96. The number of carbonyl (C=O) groups excluding carboxylic acids is 1. The van der Waals surface area contributed by atoms with E-state index in [0.717, 1.165) is 5.56 Å². The van der Waals surface area contributed by atoms with Gasteiger partial charge in [-0.3, -0.25) is 4.79 Å². The molecule has 4 nitrogen and oxygen atoms in total. The van der Waals surface area contributed by atoms with Crippen molar-refractivity contribution in [2.45, 2.75) is 0 Å². The molecule has 0 aromatic heterocycles. The van der Waals surface area contributed by atoms with Gasteiger partial charge in [-0.2, -0.15) is 5.10 Å². The first-order chi connectivity index (χ1) is 8.75. The molecule has 0 aliphatic rings. The molecule has 0 saturated heterocycles. The Labute approximate surface area is 105 Å². The Kier molecular flexibility index (Phi) is 3.71. The lowest BCUT2D eigenvalue weighted by Gasteiger charge is -1.98. The molecule has 2 aromatic rings. The molecule has 2 rings (SSSR count). The Bertz CT molecular complexity index is 548. The van der Waals surface area contributed by atoms with E-state index in [2.05, 4.69) is 10.5 Å². The summed E-state index contributed by atoms with van der Waals surface area (Å²) < 4.78 is 0. The van der Waals surface area contributed by atoms with Gasteiger partial charge in [0.15, 0.2) is 0 Å². The van der Waals surface area contributed by atoms with E-state index in [-0.39, 0.29) is 11.7 Å². The first-order valence-electron chi connectivity index (χ1n) is 5.43. The lowest BCUT2D eigenvalue weighted by molar-refractivity contribution is 0.0955. The predicted octanol–water partition coefficient (Wildman–Crippen LogP) is 2.16. The Morgan fingerprint density at radius 2 is 1.72 bits per heavy atom. The zero-order valence-corrected chi connectivity index (χ0v) is 9.58. The van der Waals surface area contributed by atoms with Crippen molar-refractivity contribution >= 4 is 12.1 Å². The van der Waals surface area contributed by atoms with Crippen molar-refractivity contribution in [3.05, 3.63) is 65.7 Å². The van der Waals surface area contributed by atoms with Crippen LogP contribution in [0.1, 0.15) is 15.9 Å². The largest absolute Gasteiger partial charge is 0.508 e. The van der Waals surface area contributed by atoms with E-state index in [1.165, 1.54) is 6.21 Å². The molecule has 18 heavy (non-hydrogen) atoms. The molecule has 0 aliphatic carbocycles. The van der Waals surface area contributed by atoms with Gasteiger partial charge in [0.2, 0.25) is 0 Å². The van der Waals surface area contributed by atoms with E-state index >= 15 is 0 Å². The molecule has 0 heterocycles. The van der Waals surface area contributed by atoms with E-state index in [1.807, 2.05) is 6.07 Å². The van der Waals surface area contributed by atoms with Gasteiger partial charge >= 0.3 is 0 Å². The van der Waals surface area contributed by atoms with Crippen molar-refractivity contribution in [1.29, 1.82) is 0 Å². The minimum absolute atomic E-state index is 0.195. The molecular formula is C14H12N2O2. The van der Waals surface area contributed by atoms with E-state index in [4.69, 9.17) is 5.11 Å². The number of phenols is 1. The summed E-state index contributed by atoms with van der Waals surface area (Å²) in [7, 11) is 0. The number of rotatable bonds is 3. The smallest absolute Gasteiger partial charge is 0.271 e. The average Bonchev–Trinajstić information content (AvgIpc) is 2.42. The first-order valence-corrected chi connectivity index (χ1v) is 5.43. The highest BCUT2D eigenvalue weighted by Gasteiger charge is 2.01. The average molecular weight is 240 g/mol. The minimum atomic E-state index is -0.259.